The van der Waals surface area contributed by atoms with Crippen molar-refractivity contribution in [3.05, 3.63) is 71.3 Å². The van der Waals surface area contributed by atoms with Crippen molar-refractivity contribution < 1.29 is 14.3 Å². The van der Waals surface area contributed by atoms with E-state index in [1.54, 1.807) is 38.5 Å². The summed E-state index contributed by atoms with van der Waals surface area (Å²) >= 11 is 0. The number of ether oxygens (including phenoxy) is 2. The average Bonchev–Trinajstić information content (AvgIpc) is 2.54. The highest BCUT2D eigenvalue weighted by Crippen LogP contribution is 2.21. The third-order valence-corrected chi connectivity index (χ3v) is 3.09. The summed E-state index contributed by atoms with van der Waals surface area (Å²) in [5.41, 5.74) is 2.57. The van der Waals surface area contributed by atoms with E-state index in [0.29, 0.717) is 12.2 Å². The van der Waals surface area contributed by atoms with Gasteiger partial charge in [-0.1, -0.05) is 42.5 Å². The Labute approximate surface area is 124 Å². The zero-order chi connectivity index (χ0) is 15.1. The monoisotopic (exact) mass is 282 g/mol. The maximum Gasteiger partial charge on any atom is 0.185 e. The van der Waals surface area contributed by atoms with Gasteiger partial charge in [-0.3, -0.25) is 4.79 Å². The van der Waals surface area contributed by atoms with Gasteiger partial charge in [0.2, 0.25) is 0 Å². The smallest absolute Gasteiger partial charge is 0.185 e. The predicted molar refractivity (Wildman–Crippen MR) is 83.5 cm³/mol. The maximum absolute atomic E-state index is 12.0. The highest BCUT2D eigenvalue weighted by atomic mass is 16.5. The molecular weight excluding hydrogens is 264 g/mol. The molecule has 2 rings (SSSR count). The molecule has 0 atom stereocenters. The van der Waals surface area contributed by atoms with E-state index in [2.05, 4.69) is 0 Å². The van der Waals surface area contributed by atoms with E-state index in [0.717, 1.165) is 16.9 Å². The van der Waals surface area contributed by atoms with E-state index >= 15 is 0 Å². The number of hydrogen-bond donors (Lipinski definition) is 0. The van der Waals surface area contributed by atoms with Crippen molar-refractivity contribution in [3.63, 3.8) is 0 Å². The summed E-state index contributed by atoms with van der Waals surface area (Å²) in [5, 5.41) is 0. The predicted octanol–water partition coefficient (Wildman–Crippen LogP) is 3.74. The second kappa shape index (κ2) is 7.41. The third kappa shape index (κ3) is 4.04. The molecule has 0 saturated carbocycles. The highest BCUT2D eigenvalue weighted by Gasteiger charge is 2.04. The molecule has 3 nitrogen and oxygen atoms in total. The van der Waals surface area contributed by atoms with Crippen LogP contribution in [0.5, 0.6) is 5.75 Å². The molecule has 2 aromatic carbocycles. The summed E-state index contributed by atoms with van der Waals surface area (Å²) in [6.45, 7) is 0.470. The Morgan fingerprint density at radius 2 is 1.86 bits per heavy atom. The number of ketones is 1. The van der Waals surface area contributed by atoms with Crippen molar-refractivity contribution in [1.82, 2.24) is 0 Å². The van der Waals surface area contributed by atoms with Gasteiger partial charge in [0.15, 0.2) is 5.78 Å². The average molecular weight is 282 g/mol. The minimum atomic E-state index is -0.0142. The Morgan fingerprint density at radius 3 is 2.52 bits per heavy atom. The van der Waals surface area contributed by atoms with E-state index < -0.39 is 0 Å². The molecule has 0 fully saturated rings. The zero-order valence-corrected chi connectivity index (χ0v) is 12.2. The van der Waals surface area contributed by atoms with Gasteiger partial charge in [-0.15, -0.1) is 0 Å². The van der Waals surface area contributed by atoms with Gasteiger partial charge in [0.05, 0.1) is 13.7 Å². The van der Waals surface area contributed by atoms with Crippen LogP contribution in [0.3, 0.4) is 0 Å². The molecular formula is C18H18O3. The van der Waals surface area contributed by atoms with E-state index in [9.17, 15) is 4.79 Å². The second-order valence-electron chi connectivity index (χ2n) is 4.57. The Bertz CT molecular complexity index is 630. The fourth-order valence-corrected chi connectivity index (χ4v) is 2.04. The van der Waals surface area contributed by atoms with Gasteiger partial charge in [0.1, 0.15) is 5.75 Å². The lowest BCUT2D eigenvalue weighted by Crippen LogP contribution is -1.95. The first-order valence-corrected chi connectivity index (χ1v) is 6.68. The molecule has 0 aromatic heterocycles. The summed E-state index contributed by atoms with van der Waals surface area (Å²) in [6.07, 6.45) is 3.38. The molecule has 21 heavy (non-hydrogen) atoms. The SMILES string of the molecule is COCc1cc(/C=C/C(=O)c2ccccc2)ccc1OC. The summed E-state index contributed by atoms with van der Waals surface area (Å²) in [5.74, 6) is 0.767. The molecule has 2 aromatic rings. The number of carbonyl (C=O) groups excluding carboxylic acids is 1. The summed E-state index contributed by atoms with van der Waals surface area (Å²) < 4.78 is 10.4. The van der Waals surface area contributed by atoms with Crippen LogP contribution in [-0.4, -0.2) is 20.0 Å². The summed E-state index contributed by atoms with van der Waals surface area (Å²) in [7, 11) is 3.27. The zero-order valence-electron chi connectivity index (χ0n) is 12.2. The summed E-state index contributed by atoms with van der Waals surface area (Å²) in [4.78, 5) is 12.0. The fourth-order valence-electron chi connectivity index (χ4n) is 2.04. The Balaban J connectivity index is 2.17. The standard InChI is InChI=1S/C18H18O3/c1-20-13-16-12-14(9-11-18(16)21-2)8-10-17(19)15-6-4-3-5-7-15/h3-12H,13H2,1-2H3/b10-8+. The van der Waals surface area contributed by atoms with Crippen molar-refractivity contribution in [2.75, 3.05) is 14.2 Å². The highest BCUT2D eigenvalue weighted by molar-refractivity contribution is 6.06. The molecule has 0 amide bonds. The minimum absolute atomic E-state index is 0.0142. The van der Waals surface area contributed by atoms with Crippen LogP contribution in [-0.2, 0) is 11.3 Å². The van der Waals surface area contributed by atoms with Gasteiger partial charge in [-0.25, -0.2) is 0 Å². The van der Waals surface area contributed by atoms with Crippen molar-refractivity contribution in [2.45, 2.75) is 6.61 Å². The Morgan fingerprint density at radius 1 is 1.10 bits per heavy atom. The number of rotatable bonds is 6. The van der Waals surface area contributed by atoms with Crippen molar-refractivity contribution in [3.8, 4) is 5.75 Å². The quantitative estimate of drug-likeness (QED) is 0.598. The van der Waals surface area contributed by atoms with Crippen LogP contribution in [0, 0.1) is 0 Å². The van der Waals surface area contributed by atoms with Crippen LogP contribution in [0.15, 0.2) is 54.6 Å². The Kier molecular flexibility index (Phi) is 5.29. The molecule has 0 aliphatic carbocycles. The number of benzene rings is 2. The number of allylic oxidation sites excluding steroid dienone is 1. The van der Waals surface area contributed by atoms with Gasteiger partial charge < -0.3 is 9.47 Å². The summed E-state index contributed by atoms with van der Waals surface area (Å²) in [6, 6.07) is 14.9. The largest absolute Gasteiger partial charge is 0.496 e. The molecule has 0 saturated heterocycles. The molecule has 108 valence electrons. The molecule has 0 spiro atoms. The van der Waals surface area contributed by atoms with Crippen LogP contribution in [0.2, 0.25) is 0 Å². The van der Waals surface area contributed by atoms with Gasteiger partial charge in [-0.2, -0.15) is 0 Å². The molecule has 0 bridgehead atoms. The van der Waals surface area contributed by atoms with Gasteiger partial charge in [0, 0.05) is 18.2 Å². The lowest BCUT2D eigenvalue weighted by Gasteiger charge is -2.08. The minimum Gasteiger partial charge on any atom is -0.496 e. The Hall–Kier alpha value is -2.39. The number of carbonyl (C=O) groups is 1. The van der Waals surface area contributed by atoms with Gasteiger partial charge in [-0.05, 0) is 23.8 Å². The van der Waals surface area contributed by atoms with Crippen molar-refractivity contribution in [1.29, 1.82) is 0 Å². The number of methoxy groups -OCH3 is 2. The lowest BCUT2D eigenvalue weighted by atomic mass is 10.1. The van der Waals surface area contributed by atoms with E-state index in [1.165, 1.54) is 0 Å². The molecule has 0 unspecified atom stereocenters. The van der Waals surface area contributed by atoms with E-state index in [1.807, 2.05) is 36.4 Å². The normalized spacial score (nSPS) is 10.8. The van der Waals surface area contributed by atoms with E-state index in [4.69, 9.17) is 9.47 Å². The van der Waals surface area contributed by atoms with Crippen LogP contribution < -0.4 is 4.74 Å². The third-order valence-electron chi connectivity index (χ3n) is 3.09. The molecule has 3 heteroatoms. The second-order valence-corrected chi connectivity index (χ2v) is 4.57. The topological polar surface area (TPSA) is 35.5 Å². The first-order valence-electron chi connectivity index (χ1n) is 6.68. The van der Waals surface area contributed by atoms with E-state index in [-0.39, 0.29) is 5.78 Å². The molecule has 0 radical (unpaired) electrons. The lowest BCUT2D eigenvalue weighted by molar-refractivity contribution is 0.104. The number of hydrogen-bond acceptors (Lipinski definition) is 3. The fraction of sp³-hybridized carbons (Fsp3) is 0.167. The molecule has 0 heterocycles. The van der Waals surface area contributed by atoms with Crippen LogP contribution in [0.1, 0.15) is 21.5 Å². The van der Waals surface area contributed by atoms with Gasteiger partial charge >= 0.3 is 0 Å². The van der Waals surface area contributed by atoms with Gasteiger partial charge in [0.25, 0.3) is 0 Å². The van der Waals surface area contributed by atoms with Crippen LogP contribution >= 0.6 is 0 Å². The van der Waals surface area contributed by atoms with Crippen molar-refractivity contribution >= 4 is 11.9 Å². The molecule has 0 N–H and O–H groups in total. The van der Waals surface area contributed by atoms with Crippen LogP contribution in [0.25, 0.3) is 6.08 Å². The van der Waals surface area contributed by atoms with Crippen molar-refractivity contribution in [2.24, 2.45) is 0 Å². The van der Waals surface area contributed by atoms with Crippen LogP contribution in [0.4, 0.5) is 0 Å². The first-order chi connectivity index (χ1) is 10.2. The molecule has 0 aliphatic rings. The molecule has 0 aliphatic heterocycles. The first kappa shape index (κ1) is 15.0. The maximum atomic E-state index is 12.0.